The number of nitrogens with zero attached hydrogens (tertiary/aromatic N) is 1. The number of esters is 1. The van der Waals surface area contributed by atoms with Gasteiger partial charge < -0.3 is 20.3 Å². The largest absolute Gasteiger partial charge is 0.506 e. The van der Waals surface area contributed by atoms with E-state index in [1.54, 1.807) is 13.1 Å². The number of carbonyl (C=O) groups is 2. The lowest BCUT2D eigenvalue weighted by Gasteiger charge is -2.13. The molecule has 0 saturated heterocycles. The van der Waals surface area contributed by atoms with E-state index < -0.39 is 5.97 Å². The summed E-state index contributed by atoms with van der Waals surface area (Å²) in [5.41, 5.74) is 1.98. The number of pyridine rings is 1. The molecule has 0 aliphatic rings. The Bertz CT molecular complexity index is 531. The average molecular weight is 310 g/mol. The van der Waals surface area contributed by atoms with E-state index in [0.717, 1.165) is 5.56 Å². The topological polar surface area (TPSA) is 109 Å². The molecule has 0 fully saturated rings. The highest BCUT2D eigenvalue weighted by molar-refractivity contribution is 5.69. The lowest BCUT2D eigenvalue weighted by Crippen LogP contribution is -2.17. The highest BCUT2D eigenvalue weighted by Gasteiger charge is 2.13. The number of hydrogen-bond donors (Lipinski definition) is 3. The predicted molar refractivity (Wildman–Crippen MR) is 79.6 cm³/mol. The highest BCUT2D eigenvalue weighted by Crippen LogP contribution is 2.24. The molecule has 0 spiro atoms. The van der Waals surface area contributed by atoms with Crippen LogP contribution in [0.5, 0.6) is 5.75 Å². The van der Waals surface area contributed by atoms with Crippen LogP contribution in [0.4, 0.5) is 0 Å². The number of carbonyl (C=O) groups excluding carboxylic acids is 1. The Morgan fingerprint density at radius 1 is 1.36 bits per heavy atom. The van der Waals surface area contributed by atoms with Gasteiger partial charge in [0.1, 0.15) is 5.75 Å². The summed E-state index contributed by atoms with van der Waals surface area (Å²) >= 11 is 0. The van der Waals surface area contributed by atoms with E-state index >= 15 is 0 Å². The monoisotopic (exact) mass is 310 g/mol. The smallest absolute Gasteiger partial charge is 0.305 e. The SMILES string of the molecule is COC(=O)CCc1cnc(C)c(O)c1CNCCCC(=O)O. The minimum absolute atomic E-state index is 0.101. The summed E-state index contributed by atoms with van der Waals surface area (Å²) in [5, 5.41) is 21.8. The fourth-order valence-electron chi connectivity index (χ4n) is 2.01. The van der Waals surface area contributed by atoms with Crippen molar-refractivity contribution < 1.29 is 24.5 Å². The number of carboxylic acid groups (broad SMARTS) is 1. The molecule has 0 amide bonds. The molecule has 1 aromatic heterocycles. The van der Waals surface area contributed by atoms with Gasteiger partial charge in [-0.05, 0) is 31.9 Å². The molecule has 22 heavy (non-hydrogen) atoms. The van der Waals surface area contributed by atoms with E-state index in [9.17, 15) is 14.7 Å². The molecule has 0 aromatic carbocycles. The van der Waals surface area contributed by atoms with E-state index in [-0.39, 0.29) is 24.6 Å². The van der Waals surface area contributed by atoms with Gasteiger partial charge in [0, 0.05) is 31.1 Å². The van der Waals surface area contributed by atoms with E-state index in [1.165, 1.54) is 7.11 Å². The fourth-order valence-corrected chi connectivity index (χ4v) is 2.01. The van der Waals surface area contributed by atoms with Crippen molar-refractivity contribution in [3.05, 3.63) is 23.0 Å². The van der Waals surface area contributed by atoms with Crippen LogP contribution in [0.1, 0.15) is 36.1 Å². The van der Waals surface area contributed by atoms with Gasteiger partial charge in [0.05, 0.1) is 12.8 Å². The molecule has 122 valence electrons. The zero-order valence-corrected chi connectivity index (χ0v) is 12.9. The first kappa shape index (κ1) is 17.9. The van der Waals surface area contributed by atoms with E-state index in [4.69, 9.17) is 5.11 Å². The van der Waals surface area contributed by atoms with Gasteiger partial charge in [0.25, 0.3) is 0 Å². The first-order valence-corrected chi connectivity index (χ1v) is 7.11. The van der Waals surface area contributed by atoms with E-state index in [0.29, 0.717) is 37.2 Å². The number of hydrogen-bond acceptors (Lipinski definition) is 6. The first-order valence-electron chi connectivity index (χ1n) is 7.11. The lowest BCUT2D eigenvalue weighted by molar-refractivity contribution is -0.140. The number of aromatic nitrogens is 1. The van der Waals surface area contributed by atoms with Gasteiger partial charge in [-0.3, -0.25) is 14.6 Å². The maximum Gasteiger partial charge on any atom is 0.305 e. The van der Waals surface area contributed by atoms with Crippen molar-refractivity contribution >= 4 is 11.9 Å². The summed E-state index contributed by atoms with van der Waals surface area (Å²) in [5.74, 6) is -1.04. The van der Waals surface area contributed by atoms with Crippen molar-refractivity contribution in [2.24, 2.45) is 0 Å². The van der Waals surface area contributed by atoms with E-state index in [2.05, 4.69) is 15.0 Å². The zero-order valence-electron chi connectivity index (χ0n) is 12.9. The second-order valence-corrected chi connectivity index (χ2v) is 4.95. The number of rotatable bonds is 9. The van der Waals surface area contributed by atoms with Crippen molar-refractivity contribution in [2.75, 3.05) is 13.7 Å². The Morgan fingerprint density at radius 3 is 2.73 bits per heavy atom. The first-order chi connectivity index (χ1) is 10.5. The molecule has 7 heteroatoms. The van der Waals surface area contributed by atoms with Crippen LogP contribution in [0.2, 0.25) is 0 Å². The molecule has 1 heterocycles. The van der Waals surface area contributed by atoms with Crippen LogP contribution >= 0.6 is 0 Å². The molecule has 1 rings (SSSR count). The Labute approximate surface area is 129 Å². The third kappa shape index (κ3) is 5.69. The van der Waals surface area contributed by atoms with Crippen LogP contribution in [0.25, 0.3) is 0 Å². The second-order valence-electron chi connectivity index (χ2n) is 4.95. The summed E-state index contributed by atoms with van der Waals surface area (Å²) in [6.45, 7) is 2.63. The summed E-state index contributed by atoms with van der Waals surface area (Å²) in [7, 11) is 1.33. The summed E-state index contributed by atoms with van der Waals surface area (Å²) in [6, 6.07) is 0. The van der Waals surface area contributed by atoms with Crippen molar-refractivity contribution in [2.45, 2.75) is 39.2 Å². The standard InChI is InChI=1S/C15H22N2O5/c1-10-15(21)12(9-16-7-3-4-13(18)19)11(8-17-10)5-6-14(20)22-2/h8,16,21H,3-7,9H2,1-2H3,(H,18,19). The molecule has 1 aromatic rings. The maximum atomic E-state index is 11.2. The third-order valence-electron chi connectivity index (χ3n) is 3.30. The number of ether oxygens (including phenoxy) is 1. The quantitative estimate of drug-likeness (QED) is 0.464. The summed E-state index contributed by atoms with van der Waals surface area (Å²) < 4.78 is 4.61. The maximum absolute atomic E-state index is 11.2. The normalized spacial score (nSPS) is 10.5. The van der Waals surface area contributed by atoms with Crippen LogP contribution in [-0.4, -0.2) is 40.8 Å². The minimum atomic E-state index is -0.830. The number of nitrogens with one attached hydrogen (secondary N) is 1. The van der Waals surface area contributed by atoms with Gasteiger partial charge in [-0.15, -0.1) is 0 Å². The van der Waals surface area contributed by atoms with Crippen LogP contribution in [0.3, 0.4) is 0 Å². The molecule has 0 aliphatic heterocycles. The number of aryl methyl sites for hydroxylation is 2. The third-order valence-corrected chi connectivity index (χ3v) is 3.30. The molecule has 0 atom stereocenters. The number of aliphatic carboxylic acids is 1. The number of aromatic hydroxyl groups is 1. The predicted octanol–water partition coefficient (Wildman–Crippen LogP) is 1.16. The van der Waals surface area contributed by atoms with Gasteiger partial charge in [-0.25, -0.2) is 0 Å². The molecular weight excluding hydrogens is 288 g/mol. The van der Waals surface area contributed by atoms with Gasteiger partial charge in [0.15, 0.2) is 0 Å². The number of carboxylic acids is 1. The van der Waals surface area contributed by atoms with Gasteiger partial charge in [-0.1, -0.05) is 0 Å². The molecule has 0 radical (unpaired) electrons. The Balaban J connectivity index is 2.67. The minimum Gasteiger partial charge on any atom is -0.506 e. The van der Waals surface area contributed by atoms with Crippen molar-refractivity contribution in [3.63, 3.8) is 0 Å². The van der Waals surface area contributed by atoms with Gasteiger partial charge in [-0.2, -0.15) is 0 Å². The van der Waals surface area contributed by atoms with Crippen molar-refractivity contribution in [1.29, 1.82) is 0 Å². The molecule has 0 bridgehead atoms. The average Bonchev–Trinajstić information content (AvgIpc) is 2.49. The summed E-state index contributed by atoms with van der Waals surface area (Å²) in [6.07, 6.45) is 2.90. The molecule has 0 saturated carbocycles. The molecular formula is C15H22N2O5. The molecule has 3 N–H and O–H groups in total. The number of methoxy groups -OCH3 is 1. The van der Waals surface area contributed by atoms with Gasteiger partial charge in [0.2, 0.25) is 0 Å². The Morgan fingerprint density at radius 2 is 2.09 bits per heavy atom. The zero-order chi connectivity index (χ0) is 16.5. The molecule has 0 unspecified atom stereocenters. The second kappa shape index (κ2) is 8.99. The molecule has 0 aliphatic carbocycles. The Hall–Kier alpha value is -2.15. The van der Waals surface area contributed by atoms with Crippen LogP contribution in [0, 0.1) is 6.92 Å². The van der Waals surface area contributed by atoms with Gasteiger partial charge >= 0.3 is 11.9 Å². The van der Waals surface area contributed by atoms with E-state index in [1.807, 2.05) is 0 Å². The molecule has 7 nitrogen and oxygen atoms in total. The van der Waals surface area contributed by atoms with Crippen molar-refractivity contribution in [1.82, 2.24) is 10.3 Å². The van der Waals surface area contributed by atoms with Crippen molar-refractivity contribution in [3.8, 4) is 5.75 Å². The highest BCUT2D eigenvalue weighted by atomic mass is 16.5. The van der Waals surface area contributed by atoms with Crippen LogP contribution < -0.4 is 5.32 Å². The lowest BCUT2D eigenvalue weighted by atomic mass is 10.0. The van der Waals surface area contributed by atoms with Crippen LogP contribution in [0.15, 0.2) is 6.20 Å². The van der Waals surface area contributed by atoms with Crippen LogP contribution in [-0.2, 0) is 27.3 Å². The fraction of sp³-hybridized carbons (Fsp3) is 0.533. The Kier molecular flexibility index (Phi) is 7.31. The summed E-state index contributed by atoms with van der Waals surface area (Å²) in [4.78, 5) is 25.8.